The Morgan fingerprint density at radius 1 is 1.35 bits per heavy atom. The predicted molar refractivity (Wildman–Crippen MR) is 87.8 cm³/mol. The summed E-state index contributed by atoms with van der Waals surface area (Å²) in [6.45, 7) is 2.55. The van der Waals surface area contributed by atoms with Crippen LogP contribution in [0.5, 0.6) is 5.75 Å². The van der Waals surface area contributed by atoms with E-state index in [-0.39, 0.29) is 23.2 Å². The highest BCUT2D eigenvalue weighted by Gasteiger charge is 2.21. The van der Waals surface area contributed by atoms with E-state index in [1.54, 1.807) is 0 Å². The molecule has 1 aliphatic carbocycles. The fraction of sp³-hybridized carbons (Fsp3) is 0.588. The van der Waals surface area contributed by atoms with E-state index in [0.29, 0.717) is 12.4 Å². The molecule has 0 spiro atoms. The van der Waals surface area contributed by atoms with Gasteiger partial charge in [0.25, 0.3) is 11.6 Å². The summed E-state index contributed by atoms with van der Waals surface area (Å²) >= 11 is 0. The molecule has 0 aromatic heterocycles. The number of amides is 1. The van der Waals surface area contributed by atoms with Crippen molar-refractivity contribution in [2.75, 3.05) is 6.61 Å². The van der Waals surface area contributed by atoms with Gasteiger partial charge in [0.05, 0.1) is 17.1 Å². The third-order valence-electron chi connectivity index (χ3n) is 4.11. The first-order valence-corrected chi connectivity index (χ1v) is 8.34. The normalized spacial score (nSPS) is 15.2. The number of benzene rings is 1. The van der Waals surface area contributed by atoms with Gasteiger partial charge in [0, 0.05) is 18.2 Å². The minimum atomic E-state index is -0.493. The van der Waals surface area contributed by atoms with Crippen LogP contribution in [0.25, 0.3) is 0 Å². The summed E-state index contributed by atoms with van der Waals surface area (Å²) in [7, 11) is 0. The number of ether oxygens (including phenoxy) is 1. The first kappa shape index (κ1) is 17.2. The van der Waals surface area contributed by atoms with Gasteiger partial charge in [-0.1, -0.05) is 32.6 Å². The summed E-state index contributed by atoms with van der Waals surface area (Å²) in [6, 6.07) is 4.35. The van der Waals surface area contributed by atoms with Gasteiger partial charge in [0.15, 0.2) is 0 Å². The number of nitro benzene ring substituents is 1. The summed E-state index contributed by atoms with van der Waals surface area (Å²) in [4.78, 5) is 23.0. The van der Waals surface area contributed by atoms with E-state index in [2.05, 4.69) is 12.2 Å². The van der Waals surface area contributed by atoms with Gasteiger partial charge >= 0.3 is 0 Å². The molecule has 0 aliphatic heterocycles. The SMILES string of the molecule is CCCCOc1ccc([N+](=O)[O-])cc1C(=O)NC1CCCCC1. The molecule has 1 aromatic carbocycles. The molecule has 23 heavy (non-hydrogen) atoms. The molecule has 1 aromatic rings. The fourth-order valence-corrected chi connectivity index (χ4v) is 2.77. The summed E-state index contributed by atoms with van der Waals surface area (Å²) < 4.78 is 5.64. The van der Waals surface area contributed by atoms with Crippen LogP contribution in [0.1, 0.15) is 62.2 Å². The molecule has 1 aliphatic rings. The van der Waals surface area contributed by atoms with Crippen LogP contribution >= 0.6 is 0 Å². The van der Waals surface area contributed by atoms with E-state index in [4.69, 9.17) is 4.74 Å². The number of carbonyl (C=O) groups excluding carboxylic acids is 1. The first-order valence-electron chi connectivity index (χ1n) is 8.34. The quantitative estimate of drug-likeness (QED) is 0.470. The van der Waals surface area contributed by atoms with Gasteiger partial charge in [-0.3, -0.25) is 14.9 Å². The maximum Gasteiger partial charge on any atom is 0.270 e. The first-order chi connectivity index (χ1) is 11.1. The van der Waals surface area contributed by atoms with Crippen molar-refractivity contribution < 1.29 is 14.5 Å². The van der Waals surface area contributed by atoms with Crippen molar-refractivity contribution in [1.82, 2.24) is 5.32 Å². The maximum absolute atomic E-state index is 12.5. The average Bonchev–Trinajstić information content (AvgIpc) is 2.56. The zero-order chi connectivity index (χ0) is 16.7. The Bertz CT molecular complexity index is 554. The number of nitrogens with one attached hydrogen (secondary N) is 1. The maximum atomic E-state index is 12.5. The highest BCUT2D eigenvalue weighted by Crippen LogP contribution is 2.25. The van der Waals surface area contributed by atoms with Crippen molar-refractivity contribution in [2.45, 2.75) is 57.9 Å². The molecule has 0 bridgehead atoms. The number of unbranched alkanes of at least 4 members (excludes halogenated alkanes) is 1. The molecule has 1 amide bonds. The molecule has 0 saturated heterocycles. The van der Waals surface area contributed by atoms with E-state index >= 15 is 0 Å². The second kappa shape index (κ2) is 8.50. The highest BCUT2D eigenvalue weighted by molar-refractivity contribution is 5.97. The van der Waals surface area contributed by atoms with Crippen LogP contribution in [0.2, 0.25) is 0 Å². The molecule has 1 N–H and O–H groups in total. The Hall–Kier alpha value is -2.11. The lowest BCUT2D eigenvalue weighted by atomic mass is 9.95. The van der Waals surface area contributed by atoms with E-state index in [1.807, 2.05) is 0 Å². The standard InChI is InChI=1S/C17H24N2O4/c1-2-3-11-23-16-10-9-14(19(21)22)12-15(16)17(20)18-13-7-5-4-6-8-13/h9-10,12-13H,2-8,11H2,1H3,(H,18,20). The number of rotatable bonds is 7. The molecule has 6 heteroatoms. The molecular formula is C17H24N2O4. The third kappa shape index (κ3) is 4.94. The Kier molecular flexibility index (Phi) is 6.38. The molecule has 6 nitrogen and oxygen atoms in total. The number of hydrogen-bond donors (Lipinski definition) is 1. The zero-order valence-electron chi connectivity index (χ0n) is 13.5. The highest BCUT2D eigenvalue weighted by atomic mass is 16.6. The van der Waals surface area contributed by atoms with Gasteiger partial charge in [0.1, 0.15) is 5.75 Å². The number of non-ortho nitro benzene ring substituents is 1. The van der Waals surface area contributed by atoms with Crippen molar-refractivity contribution in [1.29, 1.82) is 0 Å². The molecule has 1 saturated carbocycles. The minimum absolute atomic E-state index is 0.0957. The van der Waals surface area contributed by atoms with E-state index in [9.17, 15) is 14.9 Å². The Morgan fingerprint density at radius 2 is 2.09 bits per heavy atom. The summed E-state index contributed by atoms with van der Waals surface area (Å²) in [5.74, 6) is 0.129. The molecular weight excluding hydrogens is 296 g/mol. The van der Waals surface area contributed by atoms with Crippen LogP contribution in [0.15, 0.2) is 18.2 Å². The van der Waals surface area contributed by atoms with Gasteiger partial charge < -0.3 is 10.1 Å². The predicted octanol–water partition coefficient (Wildman–Crippen LogP) is 3.84. The topological polar surface area (TPSA) is 81.5 Å². The van der Waals surface area contributed by atoms with Gasteiger partial charge in [-0.25, -0.2) is 0 Å². The fourth-order valence-electron chi connectivity index (χ4n) is 2.77. The Labute approximate surface area is 136 Å². The number of hydrogen-bond acceptors (Lipinski definition) is 4. The lowest BCUT2D eigenvalue weighted by Crippen LogP contribution is -2.36. The van der Waals surface area contributed by atoms with Crippen molar-refractivity contribution in [3.63, 3.8) is 0 Å². The van der Waals surface area contributed by atoms with Crippen LogP contribution in [-0.4, -0.2) is 23.5 Å². The molecule has 2 rings (SSSR count). The molecule has 0 heterocycles. The summed E-state index contributed by atoms with van der Waals surface area (Å²) in [6.07, 6.45) is 7.21. The van der Waals surface area contributed by atoms with E-state index in [1.165, 1.54) is 24.6 Å². The lowest BCUT2D eigenvalue weighted by molar-refractivity contribution is -0.384. The molecule has 0 unspecified atom stereocenters. The summed E-state index contributed by atoms with van der Waals surface area (Å²) in [5.41, 5.74) is 0.155. The Balaban J connectivity index is 2.15. The molecule has 1 fully saturated rings. The second-order valence-corrected chi connectivity index (χ2v) is 5.95. The number of nitro groups is 1. The largest absolute Gasteiger partial charge is 0.493 e. The van der Waals surface area contributed by atoms with E-state index < -0.39 is 4.92 Å². The van der Waals surface area contributed by atoms with Crippen LogP contribution in [0.4, 0.5) is 5.69 Å². The third-order valence-corrected chi connectivity index (χ3v) is 4.11. The molecule has 0 radical (unpaired) electrons. The lowest BCUT2D eigenvalue weighted by Gasteiger charge is -2.23. The number of carbonyl (C=O) groups is 1. The average molecular weight is 320 g/mol. The number of nitrogens with zero attached hydrogens (tertiary/aromatic N) is 1. The van der Waals surface area contributed by atoms with Crippen molar-refractivity contribution >= 4 is 11.6 Å². The van der Waals surface area contributed by atoms with Gasteiger partial charge in [-0.15, -0.1) is 0 Å². The smallest absolute Gasteiger partial charge is 0.270 e. The zero-order valence-corrected chi connectivity index (χ0v) is 13.5. The van der Waals surface area contributed by atoms with Gasteiger partial charge in [0.2, 0.25) is 0 Å². The Morgan fingerprint density at radius 3 is 2.74 bits per heavy atom. The van der Waals surface area contributed by atoms with Crippen molar-refractivity contribution in [3.8, 4) is 5.75 Å². The van der Waals surface area contributed by atoms with Crippen LogP contribution in [0, 0.1) is 10.1 Å². The second-order valence-electron chi connectivity index (χ2n) is 5.95. The van der Waals surface area contributed by atoms with Gasteiger partial charge in [-0.05, 0) is 25.3 Å². The molecule has 126 valence electrons. The molecule has 0 atom stereocenters. The van der Waals surface area contributed by atoms with Crippen LogP contribution < -0.4 is 10.1 Å². The van der Waals surface area contributed by atoms with E-state index in [0.717, 1.165) is 38.5 Å². The minimum Gasteiger partial charge on any atom is -0.493 e. The van der Waals surface area contributed by atoms with Gasteiger partial charge in [-0.2, -0.15) is 0 Å². The summed E-state index contributed by atoms with van der Waals surface area (Å²) in [5, 5.41) is 14.0. The van der Waals surface area contributed by atoms with Crippen LogP contribution in [0.3, 0.4) is 0 Å². The van der Waals surface area contributed by atoms with Crippen LogP contribution in [-0.2, 0) is 0 Å². The van der Waals surface area contributed by atoms with Crippen molar-refractivity contribution in [2.24, 2.45) is 0 Å². The van der Waals surface area contributed by atoms with Crippen molar-refractivity contribution in [3.05, 3.63) is 33.9 Å². The monoisotopic (exact) mass is 320 g/mol.